The third kappa shape index (κ3) is 3.72. The maximum absolute atomic E-state index is 12.1. The van der Waals surface area contributed by atoms with Crippen molar-refractivity contribution in [3.8, 4) is 5.75 Å². The highest BCUT2D eigenvalue weighted by Gasteiger charge is 2.10. The van der Waals surface area contributed by atoms with Crippen molar-refractivity contribution in [1.82, 2.24) is 4.98 Å². The van der Waals surface area contributed by atoms with Gasteiger partial charge < -0.3 is 20.4 Å². The molecule has 1 aromatic heterocycles. The summed E-state index contributed by atoms with van der Waals surface area (Å²) in [7, 11) is 1.37. The van der Waals surface area contributed by atoms with Gasteiger partial charge in [0, 0.05) is 30.6 Å². The maximum atomic E-state index is 12.1. The summed E-state index contributed by atoms with van der Waals surface area (Å²) >= 11 is 0. The SMILES string of the molecule is COc1c[nH]c(C(=O)Nc2cccc(NC(C)=O)c2)cc1=O. The summed E-state index contributed by atoms with van der Waals surface area (Å²) in [6, 6.07) is 7.83. The molecule has 0 unspecified atom stereocenters. The van der Waals surface area contributed by atoms with Gasteiger partial charge in [0.1, 0.15) is 5.69 Å². The average Bonchev–Trinajstić information content (AvgIpc) is 2.46. The van der Waals surface area contributed by atoms with Crippen molar-refractivity contribution >= 4 is 23.2 Å². The van der Waals surface area contributed by atoms with Gasteiger partial charge in [-0.3, -0.25) is 14.4 Å². The maximum Gasteiger partial charge on any atom is 0.272 e. The Balaban J connectivity index is 2.16. The van der Waals surface area contributed by atoms with Gasteiger partial charge >= 0.3 is 0 Å². The van der Waals surface area contributed by atoms with Crippen LogP contribution in [0.5, 0.6) is 5.75 Å². The lowest BCUT2D eigenvalue weighted by Gasteiger charge is -2.08. The molecule has 0 aliphatic carbocycles. The van der Waals surface area contributed by atoms with Crippen molar-refractivity contribution in [1.29, 1.82) is 0 Å². The Bertz CT molecular complexity index is 767. The Morgan fingerprint density at radius 1 is 1.14 bits per heavy atom. The lowest BCUT2D eigenvalue weighted by Crippen LogP contribution is -2.17. The van der Waals surface area contributed by atoms with E-state index in [2.05, 4.69) is 15.6 Å². The summed E-state index contributed by atoms with van der Waals surface area (Å²) in [5, 5.41) is 5.25. The number of carbonyl (C=O) groups is 2. The molecule has 0 fully saturated rings. The van der Waals surface area contributed by atoms with Crippen molar-refractivity contribution in [3.05, 3.63) is 52.4 Å². The third-order valence-corrected chi connectivity index (χ3v) is 2.78. The van der Waals surface area contributed by atoms with E-state index >= 15 is 0 Å². The van der Waals surface area contributed by atoms with Crippen LogP contribution >= 0.6 is 0 Å². The van der Waals surface area contributed by atoms with Gasteiger partial charge in [-0.2, -0.15) is 0 Å². The summed E-state index contributed by atoms with van der Waals surface area (Å²) in [5.41, 5.74) is 0.774. The smallest absolute Gasteiger partial charge is 0.272 e. The van der Waals surface area contributed by atoms with Crippen LogP contribution in [-0.4, -0.2) is 23.9 Å². The third-order valence-electron chi connectivity index (χ3n) is 2.78. The molecule has 114 valence electrons. The second kappa shape index (κ2) is 6.57. The number of hydrogen-bond acceptors (Lipinski definition) is 4. The van der Waals surface area contributed by atoms with E-state index in [9.17, 15) is 14.4 Å². The van der Waals surface area contributed by atoms with E-state index in [1.54, 1.807) is 24.3 Å². The highest BCUT2D eigenvalue weighted by molar-refractivity contribution is 6.03. The Kier molecular flexibility index (Phi) is 4.57. The van der Waals surface area contributed by atoms with Crippen molar-refractivity contribution in [2.45, 2.75) is 6.92 Å². The number of hydrogen-bond donors (Lipinski definition) is 3. The minimum absolute atomic E-state index is 0.107. The molecular weight excluding hydrogens is 286 g/mol. The molecule has 0 saturated heterocycles. The van der Waals surface area contributed by atoms with Crippen LogP contribution in [0.3, 0.4) is 0 Å². The molecule has 2 amide bonds. The quantitative estimate of drug-likeness (QED) is 0.798. The number of ether oxygens (including phenoxy) is 1. The molecule has 7 nitrogen and oxygen atoms in total. The summed E-state index contributed by atoms with van der Waals surface area (Å²) < 4.78 is 4.84. The molecule has 2 rings (SSSR count). The predicted octanol–water partition coefficient (Wildman–Crippen LogP) is 1.59. The lowest BCUT2D eigenvalue weighted by atomic mass is 10.2. The molecule has 7 heteroatoms. The number of anilines is 2. The Morgan fingerprint density at radius 2 is 1.82 bits per heavy atom. The first-order chi connectivity index (χ1) is 10.5. The molecular formula is C15H15N3O4. The van der Waals surface area contributed by atoms with Gasteiger partial charge in [-0.25, -0.2) is 0 Å². The topological polar surface area (TPSA) is 100 Å². The van der Waals surface area contributed by atoms with Gasteiger partial charge in [0.2, 0.25) is 11.3 Å². The predicted molar refractivity (Wildman–Crippen MR) is 82.3 cm³/mol. The molecule has 3 N–H and O–H groups in total. The first kappa shape index (κ1) is 15.3. The fourth-order valence-corrected chi connectivity index (χ4v) is 1.83. The molecule has 0 saturated carbocycles. The van der Waals surface area contributed by atoms with Gasteiger partial charge in [0.05, 0.1) is 7.11 Å². The van der Waals surface area contributed by atoms with Gasteiger partial charge in [-0.05, 0) is 18.2 Å². The standard InChI is InChI=1S/C15H15N3O4/c1-9(19)17-10-4-3-5-11(6-10)18-15(21)12-7-13(20)14(22-2)8-16-12/h3-8H,1-2H3,(H,16,20)(H,17,19)(H,18,21). The molecule has 0 radical (unpaired) electrons. The minimum Gasteiger partial charge on any atom is -0.491 e. The minimum atomic E-state index is -0.472. The van der Waals surface area contributed by atoms with E-state index in [1.807, 2.05) is 0 Å². The average molecular weight is 301 g/mol. The Labute approximate surface area is 126 Å². The van der Waals surface area contributed by atoms with Crippen molar-refractivity contribution in [2.75, 3.05) is 17.7 Å². The second-order valence-electron chi connectivity index (χ2n) is 4.50. The van der Waals surface area contributed by atoms with Crippen molar-refractivity contribution < 1.29 is 14.3 Å². The first-order valence-electron chi connectivity index (χ1n) is 6.45. The molecule has 0 aliphatic heterocycles. The highest BCUT2D eigenvalue weighted by Crippen LogP contribution is 2.15. The van der Waals surface area contributed by atoms with Crippen molar-refractivity contribution in [2.24, 2.45) is 0 Å². The highest BCUT2D eigenvalue weighted by atomic mass is 16.5. The van der Waals surface area contributed by atoms with E-state index in [4.69, 9.17) is 4.74 Å². The van der Waals surface area contributed by atoms with Gasteiger partial charge in [-0.15, -0.1) is 0 Å². The van der Waals surface area contributed by atoms with E-state index < -0.39 is 11.3 Å². The van der Waals surface area contributed by atoms with Crippen LogP contribution in [0, 0.1) is 0 Å². The van der Waals surface area contributed by atoms with Crippen molar-refractivity contribution in [3.63, 3.8) is 0 Å². The molecule has 0 spiro atoms. The Morgan fingerprint density at radius 3 is 2.41 bits per heavy atom. The zero-order valence-electron chi connectivity index (χ0n) is 12.1. The summed E-state index contributed by atoms with van der Waals surface area (Å²) in [5.74, 6) is -0.549. The number of nitrogens with one attached hydrogen (secondary N) is 3. The number of methoxy groups -OCH3 is 1. The van der Waals surface area contributed by atoms with Gasteiger partial charge in [0.25, 0.3) is 5.91 Å². The second-order valence-corrected chi connectivity index (χ2v) is 4.50. The number of benzene rings is 1. The Hall–Kier alpha value is -3.09. The molecule has 1 aromatic carbocycles. The molecule has 22 heavy (non-hydrogen) atoms. The van der Waals surface area contributed by atoms with Crippen LogP contribution in [0.1, 0.15) is 17.4 Å². The summed E-state index contributed by atoms with van der Waals surface area (Å²) in [6.45, 7) is 1.40. The van der Waals surface area contributed by atoms with E-state index in [0.29, 0.717) is 11.4 Å². The molecule has 1 heterocycles. The lowest BCUT2D eigenvalue weighted by molar-refractivity contribution is -0.114. The van der Waals surface area contributed by atoms with Crippen LogP contribution in [0.15, 0.2) is 41.3 Å². The van der Waals surface area contributed by atoms with Crippen LogP contribution in [0.4, 0.5) is 11.4 Å². The normalized spacial score (nSPS) is 9.91. The largest absolute Gasteiger partial charge is 0.491 e. The van der Waals surface area contributed by atoms with E-state index in [1.165, 1.54) is 20.2 Å². The molecule has 0 atom stereocenters. The number of aromatic amines is 1. The molecule has 2 aromatic rings. The number of aromatic nitrogens is 1. The fraction of sp³-hybridized carbons (Fsp3) is 0.133. The number of H-pyrrole nitrogens is 1. The zero-order chi connectivity index (χ0) is 16.1. The summed E-state index contributed by atoms with van der Waals surface area (Å²) in [6.07, 6.45) is 1.32. The fourth-order valence-electron chi connectivity index (χ4n) is 1.83. The number of amides is 2. The van der Waals surface area contributed by atoms with E-state index in [-0.39, 0.29) is 17.4 Å². The van der Waals surface area contributed by atoms with Crippen LogP contribution in [-0.2, 0) is 4.79 Å². The summed E-state index contributed by atoms with van der Waals surface area (Å²) in [4.78, 5) is 37.4. The molecule has 0 bridgehead atoms. The van der Waals surface area contributed by atoms with Crippen LogP contribution < -0.4 is 20.8 Å². The van der Waals surface area contributed by atoms with E-state index in [0.717, 1.165) is 6.07 Å². The van der Waals surface area contributed by atoms with Crippen LogP contribution in [0.2, 0.25) is 0 Å². The number of rotatable bonds is 4. The number of pyridine rings is 1. The number of carbonyl (C=O) groups excluding carboxylic acids is 2. The zero-order valence-corrected chi connectivity index (χ0v) is 12.1. The van der Waals surface area contributed by atoms with Gasteiger partial charge in [-0.1, -0.05) is 6.07 Å². The van der Waals surface area contributed by atoms with Gasteiger partial charge in [0.15, 0.2) is 5.75 Å². The first-order valence-corrected chi connectivity index (χ1v) is 6.45. The molecule has 0 aliphatic rings. The van der Waals surface area contributed by atoms with Crippen LogP contribution in [0.25, 0.3) is 0 Å². The monoisotopic (exact) mass is 301 g/mol.